The molecule has 0 bridgehead atoms. The monoisotopic (exact) mass is 136 g/mol. The zero-order valence-electron chi connectivity index (χ0n) is 5.89. The Bertz CT molecular complexity index is 233. The van der Waals surface area contributed by atoms with Crippen molar-refractivity contribution < 1.29 is 5.11 Å². The summed E-state index contributed by atoms with van der Waals surface area (Å²) in [5.41, 5.74) is 8.80. The first kappa shape index (κ1) is 7.09. The van der Waals surface area contributed by atoms with Gasteiger partial charge in [-0.1, -0.05) is 17.7 Å². The second kappa shape index (κ2) is 2.71. The third-order valence-electron chi connectivity index (χ3n) is 1.43. The average Bonchev–Trinajstić information content (AvgIpc) is 1.94. The molecule has 0 aliphatic rings. The van der Waals surface area contributed by atoms with Gasteiger partial charge in [0, 0.05) is 12.1 Å². The maximum Gasteiger partial charge on any atom is 0.120 e. The van der Waals surface area contributed by atoms with Gasteiger partial charge in [-0.3, -0.25) is 5.73 Å². The molecule has 0 amide bonds. The number of phenolic OH excluding ortho intramolecular Hbond substituents is 1. The van der Waals surface area contributed by atoms with Crippen molar-refractivity contribution in [3.05, 3.63) is 29.3 Å². The SMILES string of the molecule is Cc1ccc(O)c(C[NH])c1. The largest absolute Gasteiger partial charge is 0.508 e. The lowest BCUT2D eigenvalue weighted by Crippen LogP contribution is -1.86. The van der Waals surface area contributed by atoms with Crippen LogP contribution in [-0.4, -0.2) is 5.11 Å². The van der Waals surface area contributed by atoms with E-state index < -0.39 is 0 Å². The minimum absolute atomic E-state index is 0.146. The molecule has 0 fully saturated rings. The lowest BCUT2D eigenvalue weighted by molar-refractivity contribution is 0.468. The maximum absolute atomic E-state index is 9.11. The molecule has 0 atom stereocenters. The highest BCUT2D eigenvalue weighted by Gasteiger charge is 1.96. The van der Waals surface area contributed by atoms with Crippen LogP contribution in [0.2, 0.25) is 0 Å². The van der Waals surface area contributed by atoms with Crippen LogP contribution in [0.15, 0.2) is 18.2 Å². The van der Waals surface area contributed by atoms with E-state index in [0.717, 1.165) is 5.56 Å². The number of hydrogen-bond acceptors (Lipinski definition) is 1. The number of phenols is 1. The minimum Gasteiger partial charge on any atom is -0.508 e. The predicted octanol–water partition coefficient (Wildman–Crippen LogP) is 1.48. The summed E-state index contributed by atoms with van der Waals surface area (Å²) < 4.78 is 0. The molecule has 0 saturated carbocycles. The van der Waals surface area contributed by atoms with Crippen molar-refractivity contribution in [1.82, 2.24) is 5.73 Å². The maximum atomic E-state index is 9.11. The molecule has 0 unspecified atom stereocenters. The molecular formula is C8H10NO. The van der Waals surface area contributed by atoms with Gasteiger partial charge in [0.1, 0.15) is 5.75 Å². The van der Waals surface area contributed by atoms with E-state index in [1.807, 2.05) is 19.1 Å². The molecule has 1 aromatic carbocycles. The van der Waals surface area contributed by atoms with Crippen molar-refractivity contribution in [3.63, 3.8) is 0 Å². The number of hydrogen-bond donors (Lipinski definition) is 1. The van der Waals surface area contributed by atoms with Gasteiger partial charge in [0.2, 0.25) is 0 Å². The first-order chi connectivity index (χ1) is 4.74. The van der Waals surface area contributed by atoms with Gasteiger partial charge in [-0.15, -0.1) is 0 Å². The van der Waals surface area contributed by atoms with Gasteiger partial charge in [0.15, 0.2) is 0 Å². The van der Waals surface area contributed by atoms with Crippen LogP contribution in [0.25, 0.3) is 0 Å². The average molecular weight is 136 g/mol. The van der Waals surface area contributed by atoms with Gasteiger partial charge < -0.3 is 5.11 Å². The fourth-order valence-corrected chi connectivity index (χ4v) is 0.856. The zero-order valence-corrected chi connectivity index (χ0v) is 5.89. The summed E-state index contributed by atoms with van der Waals surface area (Å²) in [5.74, 6) is 0.223. The van der Waals surface area contributed by atoms with Gasteiger partial charge in [-0.05, 0) is 13.0 Å². The van der Waals surface area contributed by atoms with Gasteiger partial charge in [0.25, 0.3) is 0 Å². The summed E-state index contributed by atoms with van der Waals surface area (Å²) in [6, 6.07) is 5.27. The van der Waals surface area contributed by atoms with Crippen LogP contribution in [0.4, 0.5) is 0 Å². The first-order valence-corrected chi connectivity index (χ1v) is 3.17. The highest BCUT2D eigenvalue weighted by atomic mass is 16.3. The van der Waals surface area contributed by atoms with E-state index >= 15 is 0 Å². The molecule has 0 aliphatic heterocycles. The van der Waals surface area contributed by atoms with E-state index in [1.54, 1.807) is 6.07 Å². The van der Waals surface area contributed by atoms with Crippen molar-refractivity contribution in [1.29, 1.82) is 0 Å². The van der Waals surface area contributed by atoms with Crippen molar-refractivity contribution in [3.8, 4) is 5.75 Å². The molecule has 0 saturated heterocycles. The molecule has 1 rings (SSSR count). The van der Waals surface area contributed by atoms with E-state index in [2.05, 4.69) is 0 Å². The predicted molar refractivity (Wildman–Crippen MR) is 39.6 cm³/mol. The second-order valence-corrected chi connectivity index (χ2v) is 2.31. The van der Waals surface area contributed by atoms with Crippen LogP contribution in [0.1, 0.15) is 11.1 Å². The highest BCUT2D eigenvalue weighted by Crippen LogP contribution is 2.16. The lowest BCUT2D eigenvalue weighted by Gasteiger charge is -2.00. The normalized spacial score (nSPS) is 9.80. The molecule has 0 heterocycles. The Hall–Kier alpha value is -1.02. The molecule has 2 N–H and O–H groups in total. The number of aryl methyl sites for hydroxylation is 1. The Kier molecular flexibility index (Phi) is 1.92. The number of rotatable bonds is 1. The lowest BCUT2D eigenvalue weighted by atomic mass is 10.1. The number of nitrogens with one attached hydrogen (secondary N) is 1. The first-order valence-electron chi connectivity index (χ1n) is 3.17. The molecule has 0 aromatic heterocycles. The third kappa shape index (κ3) is 1.28. The van der Waals surface area contributed by atoms with Crippen LogP contribution in [0.3, 0.4) is 0 Å². The van der Waals surface area contributed by atoms with E-state index in [9.17, 15) is 0 Å². The van der Waals surface area contributed by atoms with Crippen molar-refractivity contribution in [2.24, 2.45) is 0 Å². The standard InChI is InChI=1S/C8H10NO/c1-6-2-3-8(10)7(4-6)5-9/h2-4,9-10H,5H2,1H3. The van der Waals surface area contributed by atoms with Crippen LogP contribution < -0.4 is 5.73 Å². The Labute approximate surface area is 60.3 Å². The number of aromatic hydroxyl groups is 1. The molecule has 10 heavy (non-hydrogen) atoms. The molecule has 0 spiro atoms. The fourth-order valence-electron chi connectivity index (χ4n) is 0.856. The highest BCUT2D eigenvalue weighted by molar-refractivity contribution is 5.35. The quantitative estimate of drug-likeness (QED) is 0.624. The Morgan fingerprint density at radius 2 is 2.20 bits per heavy atom. The third-order valence-corrected chi connectivity index (χ3v) is 1.43. The second-order valence-electron chi connectivity index (χ2n) is 2.31. The molecule has 1 radical (unpaired) electrons. The van der Waals surface area contributed by atoms with Gasteiger partial charge in [-0.2, -0.15) is 0 Å². The molecule has 1 aromatic rings. The summed E-state index contributed by atoms with van der Waals surface area (Å²) in [5, 5.41) is 9.11. The minimum atomic E-state index is 0.146. The van der Waals surface area contributed by atoms with Gasteiger partial charge in [-0.25, -0.2) is 0 Å². The van der Waals surface area contributed by atoms with Gasteiger partial charge >= 0.3 is 0 Å². The molecule has 2 nitrogen and oxygen atoms in total. The van der Waals surface area contributed by atoms with Crippen LogP contribution in [0, 0.1) is 6.92 Å². The summed E-state index contributed by atoms with van der Waals surface area (Å²) in [6.45, 7) is 2.09. The molecular weight excluding hydrogens is 126 g/mol. The summed E-state index contributed by atoms with van der Waals surface area (Å²) in [6.07, 6.45) is 0. The summed E-state index contributed by atoms with van der Waals surface area (Å²) in [7, 11) is 0. The van der Waals surface area contributed by atoms with Crippen LogP contribution >= 0.6 is 0 Å². The van der Waals surface area contributed by atoms with Crippen molar-refractivity contribution >= 4 is 0 Å². The fraction of sp³-hybridized carbons (Fsp3) is 0.250. The van der Waals surface area contributed by atoms with Crippen LogP contribution in [-0.2, 0) is 6.54 Å². The molecule has 2 heteroatoms. The Morgan fingerprint density at radius 3 is 2.70 bits per heavy atom. The zero-order chi connectivity index (χ0) is 7.56. The van der Waals surface area contributed by atoms with Gasteiger partial charge in [0.05, 0.1) is 0 Å². The van der Waals surface area contributed by atoms with E-state index in [0.29, 0.717) is 5.56 Å². The van der Waals surface area contributed by atoms with E-state index in [-0.39, 0.29) is 12.3 Å². The molecule has 53 valence electrons. The van der Waals surface area contributed by atoms with E-state index in [1.165, 1.54) is 0 Å². The Morgan fingerprint density at radius 1 is 1.50 bits per heavy atom. The Balaban J connectivity index is 3.09. The topological polar surface area (TPSA) is 44.0 Å². The van der Waals surface area contributed by atoms with Crippen molar-refractivity contribution in [2.75, 3.05) is 0 Å². The smallest absolute Gasteiger partial charge is 0.120 e. The summed E-state index contributed by atoms with van der Waals surface area (Å²) in [4.78, 5) is 0. The van der Waals surface area contributed by atoms with Crippen molar-refractivity contribution in [2.45, 2.75) is 13.5 Å². The summed E-state index contributed by atoms with van der Waals surface area (Å²) >= 11 is 0. The molecule has 0 aliphatic carbocycles. The van der Waals surface area contributed by atoms with Crippen LogP contribution in [0.5, 0.6) is 5.75 Å². The van der Waals surface area contributed by atoms with E-state index in [4.69, 9.17) is 10.8 Å². The number of benzene rings is 1.